The summed E-state index contributed by atoms with van der Waals surface area (Å²) in [6, 6.07) is 0. The first-order valence-corrected chi connectivity index (χ1v) is 23.7. The van der Waals surface area contributed by atoms with Gasteiger partial charge in [0.05, 0.1) is 36.6 Å². The minimum absolute atomic E-state index is 0.0203. The molecule has 4 fully saturated rings. The van der Waals surface area contributed by atoms with E-state index in [-0.39, 0.29) is 60.3 Å². The Morgan fingerprint density at radius 2 is 0.924 bits per heavy atom. The van der Waals surface area contributed by atoms with Gasteiger partial charge in [0, 0.05) is 94.3 Å². The lowest BCUT2D eigenvalue weighted by molar-refractivity contribution is -0.298. The fourth-order valence-corrected chi connectivity index (χ4v) is 9.93. The molecule has 4 heterocycles. The minimum atomic E-state index is -0.705. The molecule has 0 radical (unpaired) electrons. The molecule has 16 heteroatoms. The van der Waals surface area contributed by atoms with Crippen molar-refractivity contribution in [2.75, 3.05) is 70.6 Å². The lowest BCUT2D eigenvalue weighted by atomic mass is 9.90. The first-order chi connectivity index (χ1) is 31.7. The van der Waals surface area contributed by atoms with E-state index in [1.165, 1.54) is 0 Å². The molecule has 4 rings (SSSR count). The van der Waals surface area contributed by atoms with E-state index in [2.05, 4.69) is 20.8 Å². The number of hydrogen-bond donors (Lipinski definition) is 2. The van der Waals surface area contributed by atoms with Gasteiger partial charge in [0.2, 0.25) is 0 Å². The van der Waals surface area contributed by atoms with Crippen molar-refractivity contribution in [3.05, 3.63) is 47.6 Å². The monoisotopic (exact) mass is 943 g/mol. The van der Waals surface area contributed by atoms with Crippen LogP contribution >= 0.6 is 0 Å². The zero-order chi connectivity index (χ0) is 48.8. The largest absolute Gasteiger partial charge is 0.390 e. The Morgan fingerprint density at radius 3 is 1.32 bits per heavy atom. The Balaban J connectivity index is 1.29. The number of aliphatic hydroxyl groups is 2. The van der Waals surface area contributed by atoms with Gasteiger partial charge in [-0.2, -0.15) is 0 Å². The average Bonchev–Trinajstić information content (AvgIpc) is 4.28. The summed E-state index contributed by atoms with van der Waals surface area (Å²) in [4.78, 5) is 0. The van der Waals surface area contributed by atoms with Crippen LogP contribution < -0.4 is 0 Å². The molecule has 4 aliphatic rings. The lowest BCUT2D eigenvalue weighted by Crippen LogP contribution is -2.60. The number of ether oxygens (including phenoxy) is 14. The molecule has 0 aliphatic carbocycles. The van der Waals surface area contributed by atoms with Crippen molar-refractivity contribution in [2.24, 2.45) is 23.7 Å². The summed E-state index contributed by atoms with van der Waals surface area (Å²) < 4.78 is 83.2. The Morgan fingerprint density at radius 1 is 0.515 bits per heavy atom. The van der Waals surface area contributed by atoms with Gasteiger partial charge in [0.25, 0.3) is 0 Å². The molecule has 0 saturated carbocycles. The molecule has 0 aromatic rings. The van der Waals surface area contributed by atoms with Gasteiger partial charge in [-0.3, -0.25) is 0 Å². The molecule has 382 valence electrons. The summed E-state index contributed by atoms with van der Waals surface area (Å²) >= 11 is 0. The molecule has 0 spiro atoms. The second-order valence-electron chi connectivity index (χ2n) is 18.4. The molecule has 66 heavy (non-hydrogen) atoms. The number of aliphatic hydroxyl groups excluding tert-OH is 2. The van der Waals surface area contributed by atoms with Crippen molar-refractivity contribution >= 4 is 0 Å². The van der Waals surface area contributed by atoms with E-state index in [1.807, 2.05) is 64.2 Å². The number of allylic oxidation sites excluding steroid dienone is 4. The third-order valence-corrected chi connectivity index (χ3v) is 14.3. The van der Waals surface area contributed by atoms with Gasteiger partial charge in [-0.1, -0.05) is 71.1 Å². The quantitative estimate of drug-likeness (QED) is 0.0567. The maximum atomic E-state index is 11.3. The van der Waals surface area contributed by atoms with Gasteiger partial charge in [-0.25, -0.2) is 0 Å². The molecule has 0 aromatic carbocycles. The van der Waals surface area contributed by atoms with Crippen LogP contribution in [0.5, 0.6) is 0 Å². The van der Waals surface area contributed by atoms with Crippen LogP contribution in [0, 0.1) is 23.7 Å². The summed E-state index contributed by atoms with van der Waals surface area (Å²) in [7, 11) is 14.7. The molecule has 2 N–H and O–H groups in total. The van der Waals surface area contributed by atoms with E-state index in [4.69, 9.17) is 66.3 Å². The topological polar surface area (TPSA) is 176 Å². The molecule has 4 saturated heterocycles. The van der Waals surface area contributed by atoms with Crippen LogP contribution in [-0.2, 0) is 66.3 Å². The molecule has 16 nitrogen and oxygen atoms in total. The first kappa shape index (κ1) is 56.9. The van der Waals surface area contributed by atoms with Crippen molar-refractivity contribution in [2.45, 2.75) is 178 Å². The third-order valence-electron chi connectivity index (χ3n) is 14.3. The van der Waals surface area contributed by atoms with Gasteiger partial charge < -0.3 is 76.5 Å². The van der Waals surface area contributed by atoms with Crippen molar-refractivity contribution < 1.29 is 76.5 Å². The smallest absolute Gasteiger partial charge is 0.186 e. The molecule has 0 bridgehead atoms. The average molecular weight is 943 g/mol. The summed E-state index contributed by atoms with van der Waals surface area (Å²) in [5.74, 6) is -0.0922. The molecule has 0 amide bonds. The number of rotatable bonds is 29. The maximum Gasteiger partial charge on any atom is 0.186 e. The normalized spacial score (nSPS) is 36.8. The summed E-state index contributed by atoms with van der Waals surface area (Å²) in [5.41, 5.74) is 1.83. The van der Waals surface area contributed by atoms with Gasteiger partial charge in [0.15, 0.2) is 12.6 Å². The molecule has 4 aliphatic heterocycles. The molecular formula is C50H86O16. The highest BCUT2D eigenvalue weighted by Crippen LogP contribution is 2.40. The molecule has 0 aromatic heterocycles. The van der Waals surface area contributed by atoms with Crippen molar-refractivity contribution in [1.29, 1.82) is 0 Å². The Labute approximate surface area is 395 Å². The van der Waals surface area contributed by atoms with E-state index in [1.54, 1.807) is 64.0 Å². The number of hydrogen-bond acceptors (Lipinski definition) is 16. The second kappa shape index (κ2) is 27.6. The summed E-state index contributed by atoms with van der Waals surface area (Å²) in [6.45, 7) is 14.6. The fraction of sp³-hybridized carbons (Fsp3) is 0.840. The Hall–Kier alpha value is -1.68. The third kappa shape index (κ3) is 14.0. The molecular weight excluding hydrogens is 857 g/mol. The zero-order valence-electron chi connectivity index (χ0n) is 42.6. The first-order valence-electron chi connectivity index (χ1n) is 23.7. The SMILES string of the molecule is CC[C@H](OC)[C@@H](C)[C@@H]1O[C@H]1[C@H](O)[C@@H](C)/C=C/C=C(\C)[C@@H]1O[C@H](OC)[C@H](OC)[C@@H](OCCC[C@H](OC)[C@@H](C)[C@@H]2O[C@H]2[C@H](O)[C@@H](C)/C=C/C=C(\C)[C@@H]2O[C@@H](OC)[C@H](OC)[C@@H](OC)[C@@H]2OC)[C@@H]1OC. The summed E-state index contributed by atoms with van der Waals surface area (Å²) in [6.07, 6.45) is 6.98. The van der Waals surface area contributed by atoms with E-state index in [0.717, 1.165) is 17.6 Å². The van der Waals surface area contributed by atoms with Crippen molar-refractivity contribution in [3.63, 3.8) is 0 Å². The van der Waals surface area contributed by atoms with Crippen molar-refractivity contribution in [1.82, 2.24) is 0 Å². The van der Waals surface area contributed by atoms with E-state index < -0.39 is 73.6 Å². The van der Waals surface area contributed by atoms with Gasteiger partial charge in [-0.15, -0.1) is 0 Å². The molecule has 22 atom stereocenters. The van der Waals surface area contributed by atoms with E-state index in [0.29, 0.717) is 19.4 Å². The van der Waals surface area contributed by atoms with Crippen LogP contribution in [0.1, 0.15) is 67.7 Å². The van der Waals surface area contributed by atoms with E-state index in [9.17, 15) is 10.2 Å². The Bertz CT molecular complexity index is 1520. The highest BCUT2D eigenvalue weighted by molar-refractivity contribution is 5.21. The summed E-state index contributed by atoms with van der Waals surface area (Å²) in [5, 5.41) is 22.4. The lowest BCUT2D eigenvalue weighted by Gasteiger charge is -2.45. The zero-order valence-corrected chi connectivity index (χ0v) is 42.6. The van der Waals surface area contributed by atoms with Crippen LogP contribution in [-0.4, -0.2) is 191 Å². The highest BCUT2D eigenvalue weighted by Gasteiger charge is 2.53. The minimum Gasteiger partial charge on any atom is -0.390 e. The van der Waals surface area contributed by atoms with Crippen LogP contribution in [0.25, 0.3) is 0 Å². The standard InChI is InChI=1S/C50H86O16/c1-17-33(53-8)31(6)39-41(63-39)35(51)27(2)22-19-24-30(5)38-44(56-11)46(48(59-14)50(61-16)66-38)62-26-20-25-34(54-9)32(7)40-42(64-40)36(52)28(3)21-18-23-29(4)37-43(55-10)45(57-12)47(58-13)49(60-15)65-37/h18-19,21-24,27-28,31-52H,17,20,25-26H2,1-16H3/b21-18+,22-19+,29-23+,30-24+/t27-,28-,31+,32+,33-,34-,35+,36+,37-,38-,39-,40-,41-,42-,43+,44+,45-,46-,47+,48+,49+,50-/m0/s1. The molecule has 0 unspecified atom stereocenters. The number of epoxide rings is 2. The van der Waals surface area contributed by atoms with E-state index >= 15 is 0 Å². The second-order valence-corrected chi connectivity index (χ2v) is 18.4. The van der Waals surface area contributed by atoms with Gasteiger partial charge in [-0.05, 0) is 44.3 Å². The fourth-order valence-electron chi connectivity index (χ4n) is 9.93. The maximum absolute atomic E-state index is 11.3. The van der Waals surface area contributed by atoms with Gasteiger partial charge in [0.1, 0.15) is 61.0 Å². The van der Waals surface area contributed by atoms with Crippen LogP contribution in [0.4, 0.5) is 0 Å². The van der Waals surface area contributed by atoms with Crippen LogP contribution in [0.3, 0.4) is 0 Å². The predicted molar refractivity (Wildman–Crippen MR) is 248 cm³/mol. The predicted octanol–water partition coefficient (Wildman–Crippen LogP) is 5.22. The highest BCUT2D eigenvalue weighted by atomic mass is 16.7. The Kier molecular flexibility index (Phi) is 23.8. The number of methoxy groups -OCH3 is 9. The van der Waals surface area contributed by atoms with Crippen LogP contribution in [0.2, 0.25) is 0 Å². The van der Waals surface area contributed by atoms with Crippen LogP contribution in [0.15, 0.2) is 47.6 Å². The van der Waals surface area contributed by atoms with Gasteiger partial charge >= 0.3 is 0 Å². The van der Waals surface area contributed by atoms with Crippen molar-refractivity contribution in [3.8, 4) is 0 Å².